The van der Waals surface area contributed by atoms with Crippen molar-refractivity contribution in [1.29, 1.82) is 0 Å². The number of hydrogen-bond acceptors (Lipinski definition) is 6. The average molecular weight is 671 g/mol. The number of nitrogens with zero attached hydrogens (tertiary/aromatic N) is 2. The predicted octanol–water partition coefficient (Wildman–Crippen LogP) is 4.72. The average Bonchev–Trinajstić information content (AvgIpc) is 3.43. The molecule has 2 aliphatic rings. The minimum absolute atomic E-state index is 0.0738. The van der Waals surface area contributed by atoms with Crippen LogP contribution in [0.4, 0.5) is 23.2 Å². The summed E-state index contributed by atoms with van der Waals surface area (Å²) < 4.78 is 93.5. The number of fused-ring (bicyclic) bond motifs is 1. The van der Waals surface area contributed by atoms with Gasteiger partial charge in [-0.3, -0.25) is 14.1 Å². The molecule has 3 aromatic carbocycles. The largest absolute Gasteiger partial charge is 0.573 e. The zero-order valence-corrected chi connectivity index (χ0v) is 25.8. The van der Waals surface area contributed by atoms with Gasteiger partial charge in [0.1, 0.15) is 17.2 Å². The smallest absolute Gasteiger partial charge is 0.497 e. The molecule has 5 rings (SSSR count). The number of anilines is 1. The molecule has 4 atom stereocenters. The molecule has 1 N–H and O–H groups in total. The van der Waals surface area contributed by atoms with Crippen LogP contribution >= 0.6 is 11.6 Å². The molecule has 2 unspecified atom stereocenters. The summed E-state index contributed by atoms with van der Waals surface area (Å²) in [6.45, 7) is -0.346. The van der Waals surface area contributed by atoms with Crippen LogP contribution in [0.25, 0.3) is 0 Å². The summed E-state index contributed by atoms with van der Waals surface area (Å²) in [6.07, 6.45) is -7.29. The van der Waals surface area contributed by atoms with Gasteiger partial charge in [-0.1, -0.05) is 41.9 Å². The molecule has 45 heavy (non-hydrogen) atoms. The number of hydrogen-bond donors (Lipinski definition) is 1. The van der Waals surface area contributed by atoms with Gasteiger partial charge in [-0.25, -0.2) is 12.8 Å². The number of likely N-dealkylation sites (tertiary alicyclic amines) is 1. The van der Waals surface area contributed by atoms with Crippen molar-refractivity contribution in [2.24, 2.45) is 0 Å². The fourth-order valence-electron chi connectivity index (χ4n) is 6.56. The van der Waals surface area contributed by atoms with Crippen molar-refractivity contribution in [1.82, 2.24) is 5.32 Å². The number of amides is 2. The van der Waals surface area contributed by atoms with Crippen LogP contribution < -0.4 is 19.1 Å². The molecule has 0 spiro atoms. The first-order chi connectivity index (χ1) is 21.1. The molecule has 9 nitrogen and oxygen atoms in total. The van der Waals surface area contributed by atoms with Crippen LogP contribution in [0.3, 0.4) is 0 Å². The van der Waals surface area contributed by atoms with Crippen LogP contribution in [-0.2, 0) is 31.6 Å². The first-order valence-electron chi connectivity index (χ1n) is 13.7. The molecule has 2 amide bonds. The summed E-state index contributed by atoms with van der Waals surface area (Å²) in [5, 5.41) is 2.63. The molecule has 3 aromatic rings. The Balaban J connectivity index is 1.81. The molecule has 1 fully saturated rings. The molecule has 15 heteroatoms. The highest BCUT2D eigenvalue weighted by molar-refractivity contribution is 7.93. The van der Waals surface area contributed by atoms with Gasteiger partial charge in [-0.15, -0.1) is 13.2 Å². The fourth-order valence-corrected chi connectivity index (χ4v) is 8.31. The number of nitrogens with one attached hydrogen (secondary N) is 1. The van der Waals surface area contributed by atoms with Gasteiger partial charge in [0.25, 0.3) is 15.9 Å². The minimum atomic E-state index is -5.29. The number of halogens is 5. The third-order valence-electron chi connectivity index (χ3n) is 8.52. The Morgan fingerprint density at radius 2 is 1.82 bits per heavy atom. The van der Waals surface area contributed by atoms with E-state index in [1.54, 1.807) is 30.3 Å². The van der Waals surface area contributed by atoms with Crippen LogP contribution in [0.2, 0.25) is 5.02 Å². The Kier molecular flexibility index (Phi) is 8.30. The molecule has 2 heterocycles. The standard InChI is InChI=1S/C30H28ClF4N3O6S/c1-36-27(39)24-14-20(32)17-38(24,2)29(16-18-7-5-4-6-8-18)22-13-19(31)9-11-23(22)37(28(29)40)45(41,42)26-12-10-21(43-3)15-25(26)44-30(33,34)35/h4-13,15,20,24H,14,16-17H2,1-3H3/p+1/t20-,24+,29?,38?/m1/s1. The van der Waals surface area contributed by atoms with E-state index in [1.807, 2.05) is 0 Å². The summed E-state index contributed by atoms with van der Waals surface area (Å²) in [7, 11) is -1.12. The van der Waals surface area contributed by atoms with Gasteiger partial charge in [0.2, 0.25) is 5.54 Å². The lowest BCUT2D eigenvalue weighted by molar-refractivity contribution is -0.959. The van der Waals surface area contributed by atoms with Crippen molar-refractivity contribution in [3.8, 4) is 11.5 Å². The SMILES string of the molecule is CNC(=O)[C@@H]1C[C@@H](F)C[N+]1(C)C1(Cc2ccccc2)C(=O)N(S(=O)(=O)c2ccc(OC)cc2OC(F)(F)F)c2ccc(Cl)cc21. The zero-order valence-electron chi connectivity index (χ0n) is 24.3. The third-order valence-corrected chi connectivity index (χ3v) is 10.5. The topological polar surface area (TPSA) is 102 Å². The predicted molar refractivity (Wildman–Crippen MR) is 156 cm³/mol. The zero-order chi connectivity index (χ0) is 32.9. The third kappa shape index (κ3) is 5.38. The number of ether oxygens (including phenoxy) is 2. The van der Waals surface area contributed by atoms with E-state index in [4.69, 9.17) is 16.3 Å². The molecule has 240 valence electrons. The molecular weight excluding hydrogens is 642 g/mol. The quantitative estimate of drug-likeness (QED) is 0.275. The normalized spacial score (nSPS) is 24.8. The Hall–Kier alpha value is -3.88. The summed E-state index contributed by atoms with van der Waals surface area (Å²) in [5.41, 5.74) is -1.54. The molecule has 0 aliphatic carbocycles. The number of quaternary nitrogens is 1. The molecule has 0 bridgehead atoms. The van der Waals surface area contributed by atoms with Crippen molar-refractivity contribution < 1.29 is 49.5 Å². The highest BCUT2D eigenvalue weighted by atomic mass is 35.5. The number of carbonyl (C=O) groups excluding carboxylic acids is 2. The van der Waals surface area contributed by atoms with Crippen molar-refractivity contribution in [3.63, 3.8) is 0 Å². The molecule has 0 aromatic heterocycles. The molecule has 0 saturated carbocycles. The summed E-state index contributed by atoms with van der Waals surface area (Å²) in [4.78, 5) is 27.3. The van der Waals surface area contributed by atoms with Crippen LogP contribution in [-0.4, -0.2) is 71.0 Å². The highest BCUT2D eigenvalue weighted by Gasteiger charge is 2.70. The maximum atomic E-state index is 15.4. The Labute approximate surface area is 261 Å². The highest BCUT2D eigenvalue weighted by Crippen LogP contribution is 2.55. The van der Waals surface area contributed by atoms with E-state index in [9.17, 15) is 26.4 Å². The van der Waals surface area contributed by atoms with E-state index in [1.165, 1.54) is 39.4 Å². The maximum Gasteiger partial charge on any atom is 0.573 e. The second-order valence-corrected chi connectivity index (χ2v) is 13.2. The van der Waals surface area contributed by atoms with Crippen LogP contribution in [0.1, 0.15) is 17.5 Å². The Morgan fingerprint density at radius 1 is 1.13 bits per heavy atom. The van der Waals surface area contributed by atoms with Gasteiger partial charge >= 0.3 is 12.3 Å². The Bertz CT molecular complexity index is 1760. The number of methoxy groups -OCH3 is 1. The van der Waals surface area contributed by atoms with Gasteiger partial charge < -0.3 is 14.8 Å². The van der Waals surface area contributed by atoms with E-state index < -0.39 is 61.1 Å². The summed E-state index contributed by atoms with van der Waals surface area (Å²) in [5.74, 6) is -2.93. The lowest BCUT2D eigenvalue weighted by Crippen LogP contribution is -2.69. The van der Waals surface area contributed by atoms with E-state index in [2.05, 4.69) is 10.1 Å². The van der Waals surface area contributed by atoms with Gasteiger partial charge in [-0.2, -0.15) is 4.31 Å². The summed E-state index contributed by atoms with van der Waals surface area (Å²) in [6, 6.07) is 14.0. The lowest BCUT2D eigenvalue weighted by atomic mass is 9.80. The van der Waals surface area contributed by atoms with Gasteiger partial charge in [-0.05, 0) is 35.9 Å². The molecule has 1 saturated heterocycles. The first-order valence-corrected chi connectivity index (χ1v) is 15.5. The van der Waals surface area contributed by atoms with Gasteiger partial charge in [0.05, 0.1) is 19.8 Å². The molecule has 0 radical (unpaired) electrons. The van der Waals surface area contributed by atoms with Gasteiger partial charge in [0, 0.05) is 36.5 Å². The van der Waals surface area contributed by atoms with Crippen molar-refractivity contribution in [3.05, 3.63) is 82.9 Å². The second kappa shape index (κ2) is 11.5. The minimum Gasteiger partial charge on any atom is -0.497 e. The molecular formula is C30H29ClF4N3O6S+. The number of rotatable bonds is 8. The second-order valence-electron chi connectivity index (χ2n) is 11.0. The van der Waals surface area contributed by atoms with Crippen molar-refractivity contribution in [2.75, 3.05) is 32.1 Å². The Morgan fingerprint density at radius 3 is 2.44 bits per heavy atom. The number of likely N-dealkylation sites (N-methyl/N-ethyl adjacent to an activating group) is 2. The van der Waals surface area contributed by atoms with E-state index in [0.29, 0.717) is 9.87 Å². The van der Waals surface area contributed by atoms with E-state index >= 15 is 9.18 Å². The fraction of sp³-hybridized carbons (Fsp3) is 0.333. The number of carbonyl (C=O) groups is 2. The number of alkyl halides is 4. The van der Waals surface area contributed by atoms with Crippen molar-refractivity contribution in [2.45, 2.75) is 41.9 Å². The van der Waals surface area contributed by atoms with E-state index in [0.717, 1.165) is 18.2 Å². The van der Waals surface area contributed by atoms with Crippen LogP contribution in [0, 0.1) is 0 Å². The lowest BCUT2D eigenvalue weighted by Gasteiger charge is -2.48. The monoisotopic (exact) mass is 670 g/mol. The maximum absolute atomic E-state index is 15.4. The van der Waals surface area contributed by atoms with Gasteiger partial charge in [0.15, 0.2) is 18.0 Å². The van der Waals surface area contributed by atoms with Crippen molar-refractivity contribution >= 4 is 39.1 Å². The number of sulfonamides is 1. The summed E-state index contributed by atoms with van der Waals surface area (Å²) >= 11 is 6.42. The first kappa shape index (κ1) is 32.5. The van der Waals surface area contributed by atoms with Crippen LogP contribution in [0.5, 0.6) is 11.5 Å². The molecule has 2 aliphatic heterocycles. The van der Waals surface area contributed by atoms with Crippen LogP contribution in [0.15, 0.2) is 71.6 Å². The number of benzene rings is 3. The van der Waals surface area contributed by atoms with E-state index in [-0.39, 0.29) is 41.4 Å².